The molecule has 2 rings (SSSR count). The zero-order chi connectivity index (χ0) is 18.7. The van der Waals surface area contributed by atoms with Gasteiger partial charge in [-0.1, -0.05) is 43.0 Å². The highest BCUT2D eigenvalue weighted by Crippen LogP contribution is 2.26. The summed E-state index contributed by atoms with van der Waals surface area (Å²) in [4.78, 5) is 0. The molecule has 1 aromatic rings. The summed E-state index contributed by atoms with van der Waals surface area (Å²) in [7, 11) is -1.14. The minimum absolute atomic E-state index is 0.575. The van der Waals surface area contributed by atoms with Gasteiger partial charge in [-0.15, -0.1) is 0 Å². The van der Waals surface area contributed by atoms with Crippen LogP contribution in [0.3, 0.4) is 0 Å². The van der Waals surface area contributed by atoms with Crippen LogP contribution in [-0.4, -0.2) is 34.5 Å². The van der Waals surface area contributed by atoms with Crippen LogP contribution in [0, 0.1) is 0 Å². The van der Waals surface area contributed by atoms with Crippen molar-refractivity contribution in [2.24, 2.45) is 0 Å². The third kappa shape index (κ3) is 5.70. The second kappa shape index (κ2) is 8.40. The molecule has 4 nitrogen and oxygen atoms in total. The predicted octanol–water partition coefficient (Wildman–Crippen LogP) is 3.02. The molecule has 0 atom stereocenters. The predicted molar refractivity (Wildman–Crippen MR) is 104 cm³/mol. The molecule has 25 heavy (non-hydrogen) atoms. The van der Waals surface area contributed by atoms with Gasteiger partial charge in [-0.25, -0.2) is 0 Å². The molecule has 0 saturated heterocycles. The van der Waals surface area contributed by atoms with Crippen LogP contribution in [0.4, 0.5) is 0 Å². The molecule has 0 heterocycles. The lowest BCUT2D eigenvalue weighted by Crippen LogP contribution is -2.53. The molecule has 1 aromatic carbocycles. The maximum Gasteiger partial charge on any atom is 0.491 e. The highest BCUT2D eigenvalue weighted by molar-refractivity contribution is 6.60. The zero-order valence-electron chi connectivity index (χ0n) is 15.8. The van der Waals surface area contributed by atoms with Gasteiger partial charge in [0.15, 0.2) is 0 Å². The van der Waals surface area contributed by atoms with Gasteiger partial charge in [0, 0.05) is 17.6 Å². The normalized spacial score (nSPS) is 16.9. The van der Waals surface area contributed by atoms with Gasteiger partial charge < -0.3 is 20.1 Å². The third-order valence-electron chi connectivity index (χ3n) is 5.43. The van der Waals surface area contributed by atoms with E-state index < -0.39 is 18.3 Å². The van der Waals surface area contributed by atoms with Gasteiger partial charge in [0.1, 0.15) is 0 Å². The largest absolute Gasteiger partial charge is 0.491 e. The molecule has 0 amide bonds. The van der Waals surface area contributed by atoms with Crippen LogP contribution in [0.1, 0.15) is 65.4 Å². The summed E-state index contributed by atoms with van der Waals surface area (Å²) < 4.78 is 5.67. The fraction of sp³-hybridized carbons (Fsp3) is 0.684. The van der Waals surface area contributed by atoms with E-state index in [4.69, 9.17) is 16.3 Å². The van der Waals surface area contributed by atoms with Crippen LogP contribution in [0.5, 0.6) is 0 Å². The molecule has 0 unspecified atom stereocenters. The van der Waals surface area contributed by atoms with E-state index in [0.717, 1.165) is 12.1 Å². The van der Waals surface area contributed by atoms with Crippen molar-refractivity contribution < 1.29 is 14.8 Å². The molecular weight excluding hydrogens is 336 g/mol. The van der Waals surface area contributed by atoms with Crippen LogP contribution >= 0.6 is 11.6 Å². The van der Waals surface area contributed by atoms with Crippen molar-refractivity contribution in [1.82, 2.24) is 5.32 Å². The minimum Gasteiger partial charge on any atom is -0.423 e. The summed E-state index contributed by atoms with van der Waals surface area (Å²) in [5.41, 5.74) is -0.379. The molecule has 0 radical (unpaired) electrons. The van der Waals surface area contributed by atoms with Gasteiger partial charge in [-0.3, -0.25) is 0 Å². The van der Waals surface area contributed by atoms with Crippen molar-refractivity contribution in [3.8, 4) is 0 Å². The lowest BCUT2D eigenvalue weighted by Gasteiger charge is -2.38. The molecule has 0 aromatic heterocycles. The summed E-state index contributed by atoms with van der Waals surface area (Å²) in [6, 6.07) is 6.07. The lowest BCUT2D eigenvalue weighted by molar-refractivity contribution is -0.0982. The van der Waals surface area contributed by atoms with Crippen LogP contribution in [0.2, 0.25) is 5.02 Å². The second-order valence-corrected chi connectivity index (χ2v) is 8.51. The fourth-order valence-electron chi connectivity index (χ4n) is 2.91. The lowest BCUT2D eigenvalue weighted by atomic mass is 9.76. The van der Waals surface area contributed by atoms with E-state index in [0.29, 0.717) is 16.5 Å². The van der Waals surface area contributed by atoms with E-state index in [-0.39, 0.29) is 0 Å². The fourth-order valence-corrected chi connectivity index (χ4v) is 3.17. The first-order valence-electron chi connectivity index (χ1n) is 9.20. The van der Waals surface area contributed by atoms with Gasteiger partial charge in [-0.05, 0) is 57.6 Å². The highest BCUT2D eigenvalue weighted by atomic mass is 35.5. The van der Waals surface area contributed by atoms with Gasteiger partial charge >= 0.3 is 7.12 Å². The van der Waals surface area contributed by atoms with E-state index in [1.807, 2.05) is 12.1 Å². The smallest absolute Gasteiger partial charge is 0.423 e. The van der Waals surface area contributed by atoms with Crippen molar-refractivity contribution in [3.63, 3.8) is 0 Å². The van der Waals surface area contributed by atoms with Crippen LogP contribution in [0.15, 0.2) is 18.2 Å². The van der Waals surface area contributed by atoms with E-state index in [1.165, 1.54) is 32.1 Å². The van der Waals surface area contributed by atoms with Crippen molar-refractivity contribution >= 4 is 24.2 Å². The monoisotopic (exact) mass is 367 g/mol. The number of hydrogen-bond donors (Lipinski definition) is 3. The topological polar surface area (TPSA) is 61.7 Å². The van der Waals surface area contributed by atoms with E-state index in [2.05, 4.69) is 5.32 Å². The molecule has 6 heteroatoms. The maximum atomic E-state index is 10.4. The molecule has 1 fully saturated rings. The highest BCUT2D eigenvalue weighted by Gasteiger charge is 2.39. The van der Waals surface area contributed by atoms with Gasteiger partial charge in [0.05, 0.1) is 11.2 Å². The number of benzene rings is 1. The summed E-state index contributed by atoms with van der Waals surface area (Å²) in [5, 5.41) is 24.7. The molecule has 0 spiro atoms. The first-order chi connectivity index (χ1) is 11.6. The average molecular weight is 368 g/mol. The molecule has 1 aliphatic rings. The Kier molecular flexibility index (Phi) is 6.97. The van der Waals surface area contributed by atoms with Gasteiger partial charge in [0.25, 0.3) is 0 Å². The first kappa shape index (κ1) is 20.7. The Labute approximate surface area is 157 Å². The first-order valence-corrected chi connectivity index (χ1v) is 9.58. The Balaban J connectivity index is 1.98. The Morgan fingerprint density at radius 1 is 1.20 bits per heavy atom. The quantitative estimate of drug-likeness (QED) is 0.648. The molecule has 140 valence electrons. The van der Waals surface area contributed by atoms with E-state index >= 15 is 0 Å². The Bertz CT molecular complexity index is 568. The van der Waals surface area contributed by atoms with Gasteiger partial charge in [-0.2, -0.15) is 0 Å². The number of halogens is 1. The maximum absolute atomic E-state index is 10.4. The number of hydrogen-bond acceptors (Lipinski definition) is 4. The van der Waals surface area contributed by atoms with Crippen molar-refractivity contribution in [2.75, 3.05) is 0 Å². The van der Waals surface area contributed by atoms with E-state index in [1.54, 1.807) is 33.8 Å². The summed E-state index contributed by atoms with van der Waals surface area (Å²) >= 11 is 6.40. The van der Waals surface area contributed by atoms with Crippen molar-refractivity contribution in [2.45, 2.75) is 83.6 Å². The zero-order valence-corrected chi connectivity index (χ0v) is 16.6. The number of aliphatic hydroxyl groups is 1. The molecule has 0 bridgehead atoms. The van der Waals surface area contributed by atoms with Crippen LogP contribution in [0.25, 0.3) is 0 Å². The summed E-state index contributed by atoms with van der Waals surface area (Å²) in [6.45, 7) is 7.55. The Morgan fingerprint density at radius 3 is 2.40 bits per heavy atom. The minimum atomic E-state index is -1.14. The van der Waals surface area contributed by atoms with Crippen LogP contribution < -0.4 is 10.8 Å². The van der Waals surface area contributed by atoms with Crippen LogP contribution in [-0.2, 0) is 11.2 Å². The Morgan fingerprint density at radius 2 is 1.84 bits per heavy atom. The van der Waals surface area contributed by atoms with E-state index in [9.17, 15) is 10.1 Å². The van der Waals surface area contributed by atoms with Crippen molar-refractivity contribution in [3.05, 3.63) is 28.8 Å². The summed E-state index contributed by atoms with van der Waals surface area (Å²) in [5.74, 6) is 0. The second-order valence-electron chi connectivity index (χ2n) is 8.11. The molecule has 1 aliphatic carbocycles. The standard InChI is InChI=1S/C19H31BClNO3/c1-18(2,23)19(3,4)25-20(24)15-11-10-14(17(21)12-15)13-22-16-8-6-5-7-9-16/h10-12,16,22-24H,5-9,13H2,1-4H3. The SMILES string of the molecule is CC(C)(O)C(C)(C)OB(O)c1ccc(CNC2CCCCC2)c(Cl)c1. The van der Waals surface area contributed by atoms with Gasteiger partial charge in [0.2, 0.25) is 0 Å². The molecule has 3 N–H and O–H groups in total. The molecule has 0 aliphatic heterocycles. The number of rotatable bonds is 7. The summed E-state index contributed by atoms with van der Waals surface area (Å²) in [6.07, 6.45) is 6.39. The Hall–Kier alpha value is -0.585. The average Bonchev–Trinajstić information content (AvgIpc) is 2.53. The molecular formula is C19H31BClNO3. The van der Waals surface area contributed by atoms with Crippen molar-refractivity contribution in [1.29, 1.82) is 0 Å². The third-order valence-corrected chi connectivity index (χ3v) is 5.78. The molecule has 1 saturated carbocycles. The number of nitrogens with one attached hydrogen (secondary N) is 1.